The van der Waals surface area contributed by atoms with Crippen molar-refractivity contribution >= 4 is 69.3 Å². The number of piperazine rings is 1. The number of hydrogen-bond acceptors (Lipinski definition) is 14. The van der Waals surface area contributed by atoms with Crippen LogP contribution in [-0.2, 0) is 26.2 Å². The number of carbonyl (C=O) groups excluding carboxylic acids is 1. The number of anilines is 2. The minimum absolute atomic E-state index is 0.0672. The lowest BCUT2D eigenvalue weighted by Gasteiger charge is -2.39. The number of nitrogens with one attached hydrogen (secondary N) is 2. The number of morpholine rings is 1. The molecular weight excluding hydrogens is 974 g/mol. The van der Waals surface area contributed by atoms with Crippen molar-refractivity contribution in [1.82, 2.24) is 29.5 Å². The van der Waals surface area contributed by atoms with E-state index in [0.717, 1.165) is 81.1 Å². The molecule has 4 aromatic carbocycles. The van der Waals surface area contributed by atoms with Gasteiger partial charge in [0, 0.05) is 95.9 Å². The first-order valence-corrected chi connectivity index (χ1v) is 30.6. The molecule has 3 fully saturated rings. The van der Waals surface area contributed by atoms with Gasteiger partial charge in [-0.2, -0.15) is 0 Å². The molecular formula is C52H66ClN9O8SSi. The van der Waals surface area contributed by atoms with E-state index in [1.807, 2.05) is 18.2 Å². The van der Waals surface area contributed by atoms with Gasteiger partial charge in [-0.05, 0) is 103 Å². The molecule has 0 radical (unpaired) electrons. The Balaban J connectivity index is 0.944. The van der Waals surface area contributed by atoms with Crippen molar-refractivity contribution in [2.45, 2.75) is 95.4 Å². The molecule has 1 atom stereocenters. The summed E-state index contributed by atoms with van der Waals surface area (Å²) in [6, 6.07) is 23.7. The summed E-state index contributed by atoms with van der Waals surface area (Å²) in [6.45, 7) is 18.6. The second-order valence-electron chi connectivity index (χ2n) is 21.5. The number of nitro benzene ring substituents is 1. The van der Waals surface area contributed by atoms with E-state index in [-0.39, 0.29) is 35.3 Å². The summed E-state index contributed by atoms with van der Waals surface area (Å²) < 4.78 is 50.2. The molecule has 0 unspecified atom stereocenters. The minimum atomic E-state index is -4.63. The Labute approximate surface area is 428 Å². The van der Waals surface area contributed by atoms with Crippen molar-refractivity contribution in [3.05, 3.63) is 111 Å². The van der Waals surface area contributed by atoms with Crippen LogP contribution in [0.25, 0.3) is 16.6 Å². The third-order valence-corrected chi connectivity index (χ3v) is 17.4. The summed E-state index contributed by atoms with van der Waals surface area (Å²) >= 11 is 6.28. The van der Waals surface area contributed by atoms with Crippen molar-refractivity contribution in [3.63, 3.8) is 0 Å². The van der Waals surface area contributed by atoms with E-state index in [1.54, 1.807) is 35.0 Å². The predicted octanol–water partition coefficient (Wildman–Crippen LogP) is 9.28. The zero-order valence-electron chi connectivity index (χ0n) is 41.9. The highest BCUT2D eigenvalue weighted by Crippen LogP contribution is 2.44. The summed E-state index contributed by atoms with van der Waals surface area (Å²) in [7, 11) is -5.94. The van der Waals surface area contributed by atoms with Gasteiger partial charge in [-0.15, -0.1) is 5.10 Å². The Hall–Kier alpha value is -5.41. The van der Waals surface area contributed by atoms with E-state index in [4.69, 9.17) is 25.8 Å². The molecule has 1 amide bonds. The summed E-state index contributed by atoms with van der Waals surface area (Å²) in [6.07, 6.45) is 5.31. The van der Waals surface area contributed by atoms with E-state index < -0.39 is 39.5 Å². The van der Waals surface area contributed by atoms with Gasteiger partial charge < -0.3 is 24.4 Å². The molecule has 5 aromatic rings. The fraction of sp³-hybridized carbons (Fsp3) is 0.481. The number of allylic oxidation sites excluding steroid dienone is 1. The third-order valence-electron chi connectivity index (χ3n) is 14.1. The van der Waals surface area contributed by atoms with Gasteiger partial charge in [-0.3, -0.25) is 24.7 Å². The van der Waals surface area contributed by atoms with Gasteiger partial charge in [0.05, 0.1) is 33.6 Å². The SMILES string of the molecule is CC1(C)CCC(CN2CCN(c3ccc(C(=O)NS(=O)(=O)c4ccc(NC[C@H]5CN(C6CC6)CCO5)c([N+](=O)[O-])c4)c(Oc4cccc5c4nnn5COCC[Si](C)(C)C)c3)CC2)=C(c2ccc(Cl)cc2)C1. The Bertz CT molecular complexity index is 2930. The fourth-order valence-electron chi connectivity index (χ4n) is 9.75. The van der Waals surface area contributed by atoms with Crippen LogP contribution < -0.4 is 19.7 Å². The molecule has 3 heterocycles. The molecule has 1 aromatic heterocycles. The zero-order chi connectivity index (χ0) is 50.8. The lowest BCUT2D eigenvalue weighted by Crippen LogP contribution is -2.47. The van der Waals surface area contributed by atoms with Crippen LogP contribution in [0.2, 0.25) is 30.7 Å². The number of fused-ring (bicyclic) bond motifs is 1. The maximum atomic E-state index is 14.3. The van der Waals surface area contributed by atoms with Gasteiger partial charge in [0.15, 0.2) is 11.3 Å². The normalized spacial score (nSPS) is 19.1. The number of amides is 1. The molecule has 2 N–H and O–H groups in total. The van der Waals surface area contributed by atoms with Crippen molar-refractivity contribution in [2.24, 2.45) is 5.41 Å². The average molecular weight is 1040 g/mol. The Kier molecular flexibility index (Phi) is 15.4. The zero-order valence-corrected chi connectivity index (χ0v) is 44.4. The molecule has 0 bridgehead atoms. The summed E-state index contributed by atoms with van der Waals surface area (Å²) in [5.41, 5.74) is 5.80. The first-order chi connectivity index (χ1) is 34.4. The number of nitro groups is 1. The smallest absolute Gasteiger partial charge is 0.293 e. The maximum Gasteiger partial charge on any atom is 0.293 e. The highest BCUT2D eigenvalue weighted by molar-refractivity contribution is 7.90. The number of ether oxygens (including phenoxy) is 3. The van der Waals surface area contributed by atoms with Gasteiger partial charge in [0.25, 0.3) is 21.6 Å². The molecule has 9 rings (SSSR count). The maximum absolute atomic E-state index is 14.3. The number of sulfonamides is 1. The standard InChI is InChI=1S/C52H66ClN9O8SSi/c1-52(2)20-19-37(44(31-52)36-9-11-38(53)12-10-36)33-58-21-23-59(24-22-58)40-15-17-43(49(29-40)70-48-8-6-7-46-50(48)55-57-61(46)35-68-27-28-72(3,4)5)51(63)56-71(66,67)42-16-18-45(47(30-42)62(64)65)54-32-41-34-60(25-26-69-41)39-13-14-39/h6-12,15-18,29-30,39,41,54H,13-14,19-28,31-35H2,1-5H3,(H,56,63)/t41-/m0/s1. The number of hydrogen-bond donors (Lipinski definition) is 2. The highest BCUT2D eigenvalue weighted by atomic mass is 35.5. The lowest BCUT2D eigenvalue weighted by molar-refractivity contribution is -0.384. The summed E-state index contributed by atoms with van der Waals surface area (Å²) in [4.78, 5) is 32.6. The van der Waals surface area contributed by atoms with Crippen LogP contribution in [0.5, 0.6) is 11.5 Å². The number of carbonyl (C=O) groups is 1. The van der Waals surface area contributed by atoms with Crippen LogP contribution in [0.4, 0.5) is 17.1 Å². The number of nitrogens with zero attached hydrogens (tertiary/aromatic N) is 7. The van der Waals surface area contributed by atoms with Crippen molar-refractivity contribution < 1.29 is 32.3 Å². The van der Waals surface area contributed by atoms with E-state index in [1.165, 1.54) is 28.8 Å². The van der Waals surface area contributed by atoms with Crippen LogP contribution in [0, 0.1) is 15.5 Å². The van der Waals surface area contributed by atoms with Crippen molar-refractivity contribution in [2.75, 3.05) is 75.8 Å². The molecule has 1 saturated carbocycles. The molecule has 20 heteroatoms. The molecule has 72 heavy (non-hydrogen) atoms. The van der Waals surface area contributed by atoms with Crippen molar-refractivity contribution in [1.29, 1.82) is 0 Å². The third kappa shape index (κ3) is 12.7. The largest absolute Gasteiger partial charge is 0.454 e. The summed E-state index contributed by atoms with van der Waals surface area (Å²) in [5.74, 6) is -0.583. The van der Waals surface area contributed by atoms with E-state index >= 15 is 0 Å². The Morgan fingerprint density at radius 3 is 2.50 bits per heavy atom. The first kappa shape index (κ1) is 51.5. The Morgan fingerprint density at radius 1 is 0.986 bits per heavy atom. The molecule has 17 nitrogen and oxygen atoms in total. The van der Waals surface area contributed by atoms with Crippen LogP contribution in [-0.4, -0.2) is 130 Å². The molecule has 0 spiro atoms. The number of halogens is 1. The molecule has 2 aliphatic carbocycles. The van der Waals surface area contributed by atoms with E-state index in [0.29, 0.717) is 62.2 Å². The van der Waals surface area contributed by atoms with Gasteiger partial charge in [0.1, 0.15) is 18.2 Å². The highest BCUT2D eigenvalue weighted by Gasteiger charge is 2.34. The number of benzene rings is 4. The second kappa shape index (κ2) is 21.6. The van der Waals surface area contributed by atoms with Gasteiger partial charge >= 0.3 is 0 Å². The van der Waals surface area contributed by atoms with Crippen LogP contribution in [0.1, 0.15) is 61.9 Å². The second-order valence-corrected chi connectivity index (χ2v) is 29.2. The molecule has 4 aliphatic rings. The average Bonchev–Trinajstić information content (AvgIpc) is 4.12. The molecule has 2 aliphatic heterocycles. The fourth-order valence-corrected chi connectivity index (χ4v) is 11.6. The van der Waals surface area contributed by atoms with E-state index in [2.05, 4.69) is 80.7 Å². The predicted molar refractivity (Wildman–Crippen MR) is 283 cm³/mol. The lowest BCUT2D eigenvalue weighted by atomic mass is 9.72. The summed E-state index contributed by atoms with van der Waals surface area (Å²) in [5, 5.41) is 24.9. The van der Waals surface area contributed by atoms with Gasteiger partial charge in [-0.25, -0.2) is 17.8 Å². The monoisotopic (exact) mass is 1040 g/mol. The van der Waals surface area contributed by atoms with Crippen LogP contribution in [0.3, 0.4) is 0 Å². The number of aromatic nitrogens is 3. The molecule has 384 valence electrons. The topological polar surface area (TPSA) is 187 Å². The van der Waals surface area contributed by atoms with Gasteiger partial charge in [-0.1, -0.05) is 74.1 Å². The van der Waals surface area contributed by atoms with Gasteiger partial charge in [0.2, 0.25) is 0 Å². The van der Waals surface area contributed by atoms with E-state index in [9.17, 15) is 23.3 Å². The quantitative estimate of drug-likeness (QED) is 0.0345. The number of rotatable bonds is 19. The Morgan fingerprint density at radius 2 is 1.76 bits per heavy atom. The molecule has 2 saturated heterocycles. The van der Waals surface area contributed by atoms with Crippen LogP contribution >= 0.6 is 11.6 Å². The minimum Gasteiger partial charge on any atom is -0.454 e. The first-order valence-electron chi connectivity index (χ1n) is 25.0. The van der Waals surface area contributed by atoms with Crippen molar-refractivity contribution in [3.8, 4) is 11.5 Å². The van der Waals surface area contributed by atoms with Crippen LogP contribution in [0.15, 0.2) is 89.3 Å².